The third kappa shape index (κ3) is 23.1. The van der Waals surface area contributed by atoms with Gasteiger partial charge in [0.25, 0.3) is 0 Å². The van der Waals surface area contributed by atoms with Crippen molar-refractivity contribution in [3.05, 3.63) is 0 Å². The Labute approximate surface area is 222 Å². The molecule has 0 aromatic carbocycles. The predicted octanol–water partition coefficient (Wildman–Crippen LogP) is 8.11. The van der Waals surface area contributed by atoms with Crippen LogP contribution in [0.2, 0.25) is 0 Å². The molecule has 0 N–H and O–H groups in total. The highest BCUT2D eigenvalue weighted by Gasteiger charge is 2.35. The SMILES string of the molecule is CCCCCCCOC(OCCCCCCS)(OCCCCCCS)OCCCCCCS. The van der Waals surface area contributed by atoms with Crippen molar-refractivity contribution < 1.29 is 18.9 Å². The van der Waals surface area contributed by atoms with Crippen LogP contribution in [0, 0.1) is 0 Å². The molecule has 0 aromatic heterocycles. The van der Waals surface area contributed by atoms with Crippen molar-refractivity contribution in [2.75, 3.05) is 43.7 Å². The lowest BCUT2D eigenvalue weighted by atomic mass is 10.2. The second-order valence-electron chi connectivity index (χ2n) is 8.72. The van der Waals surface area contributed by atoms with E-state index in [-0.39, 0.29) is 0 Å². The van der Waals surface area contributed by atoms with E-state index in [1.807, 2.05) is 0 Å². The summed E-state index contributed by atoms with van der Waals surface area (Å²) in [6, 6.07) is 0. The van der Waals surface area contributed by atoms with Gasteiger partial charge in [0, 0.05) is 0 Å². The molecule has 0 aliphatic carbocycles. The van der Waals surface area contributed by atoms with E-state index in [0.717, 1.165) is 81.5 Å². The first-order chi connectivity index (χ1) is 16.2. The smallest absolute Gasteiger partial charge is 0.303 e. The number of thiol groups is 3. The van der Waals surface area contributed by atoms with E-state index in [1.165, 1.54) is 44.9 Å². The second-order valence-corrected chi connectivity index (χ2v) is 10.1. The molecule has 200 valence electrons. The number of ether oxygens (including phenoxy) is 4. The van der Waals surface area contributed by atoms with Gasteiger partial charge in [0.2, 0.25) is 0 Å². The molecule has 0 fully saturated rings. The third-order valence-electron chi connectivity index (χ3n) is 5.52. The lowest BCUT2D eigenvalue weighted by Crippen LogP contribution is -2.43. The highest BCUT2D eigenvalue weighted by Crippen LogP contribution is 2.22. The normalized spacial score (nSPS) is 12.0. The van der Waals surface area contributed by atoms with Gasteiger partial charge in [0.15, 0.2) is 0 Å². The maximum Gasteiger partial charge on any atom is 0.412 e. The number of unbranched alkanes of at least 4 members (excludes halogenated alkanes) is 13. The van der Waals surface area contributed by atoms with E-state index in [0.29, 0.717) is 26.4 Å². The van der Waals surface area contributed by atoms with Gasteiger partial charge < -0.3 is 18.9 Å². The zero-order valence-corrected chi connectivity index (χ0v) is 24.1. The van der Waals surface area contributed by atoms with Crippen molar-refractivity contribution in [2.24, 2.45) is 0 Å². The standard InChI is InChI=1S/C26H54O4S3/c1-2-3-4-5-12-19-27-26(28-20-13-6-9-16-23-31,29-21-14-7-10-17-24-32)30-22-15-8-11-18-25-33/h31-33H,2-25H2,1H3. The fourth-order valence-electron chi connectivity index (χ4n) is 3.45. The van der Waals surface area contributed by atoms with Crippen molar-refractivity contribution in [3.63, 3.8) is 0 Å². The van der Waals surface area contributed by atoms with E-state index in [9.17, 15) is 0 Å². The average Bonchev–Trinajstić information content (AvgIpc) is 2.83. The molecule has 0 unspecified atom stereocenters. The van der Waals surface area contributed by atoms with E-state index in [2.05, 4.69) is 44.8 Å². The largest absolute Gasteiger partial charge is 0.412 e. The summed E-state index contributed by atoms with van der Waals surface area (Å²) in [6.07, 6.45) is 17.9. The molecule has 0 radical (unpaired) electrons. The van der Waals surface area contributed by atoms with Crippen molar-refractivity contribution in [2.45, 2.75) is 122 Å². The molecule has 0 saturated carbocycles. The molecule has 0 spiro atoms. The quantitative estimate of drug-likeness (QED) is 0.0547. The Kier molecular flexibility index (Phi) is 28.2. The van der Waals surface area contributed by atoms with Gasteiger partial charge in [-0.05, 0) is 62.2 Å². The van der Waals surface area contributed by atoms with Crippen molar-refractivity contribution in [3.8, 4) is 0 Å². The minimum absolute atomic E-state index is 0.585. The monoisotopic (exact) mass is 526 g/mol. The molecule has 7 heteroatoms. The minimum atomic E-state index is -1.36. The van der Waals surface area contributed by atoms with Gasteiger partial charge in [-0.3, -0.25) is 0 Å². The molecule has 0 heterocycles. The topological polar surface area (TPSA) is 36.9 Å². The molecule has 33 heavy (non-hydrogen) atoms. The van der Waals surface area contributed by atoms with Gasteiger partial charge >= 0.3 is 6.16 Å². The average molecular weight is 527 g/mol. The Morgan fingerprint density at radius 2 is 0.667 bits per heavy atom. The Hall–Kier alpha value is 0.890. The predicted molar refractivity (Wildman–Crippen MR) is 152 cm³/mol. The fourth-order valence-corrected chi connectivity index (χ4v) is 4.12. The first-order valence-corrected chi connectivity index (χ1v) is 15.5. The van der Waals surface area contributed by atoms with Gasteiger partial charge in [-0.15, -0.1) is 0 Å². The molecule has 0 aliphatic heterocycles. The van der Waals surface area contributed by atoms with Crippen LogP contribution in [0.5, 0.6) is 0 Å². The van der Waals surface area contributed by atoms with Crippen LogP contribution in [0.4, 0.5) is 0 Å². The summed E-state index contributed by atoms with van der Waals surface area (Å²) in [6.45, 7) is 4.59. The molecule has 4 nitrogen and oxygen atoms in total. The number of hydrogen-bond acceptors (Lipinski definition) is 7. The van der Waals surface area contributed by atoms with Crippen LogP contribution < -0.4 is 0 Å². The number of rotatable bonds is 28. The summed E-state index contributed by atoms with van der Waals surface area (Å²) in [5, 5.41) is 0. The van der Waals surface area contributed by atoms with E-state index in [1.54, 1.807) is 0 Å². The maximum atomic E-state index is 6.19. The Morgan fingerprint density at radius 1 is 0.394 bits per heavy atom. The highest BCUT2D eigenvalue weighted by molar-refractivity contribution is 7.80. The van der Waals surface area contributed by atoms with Crippen molar-refractivity contribution in [1.29, 1.82) is 0 Å². The Balaban J connectivity index is 4.74. The molecular formula is C26H54O4S3. The van der Waals surface area contributed by atoms with Gasteiger partial charge in [0.05, 0.1) is 26.4 Å². The molecule has 0 saturated heterocycles. The van der Waals surface area contributed by atoms with Crippen LogP contribution in [0.3, 0.4) is 0 Å². The van der Waals surface area contributed by atoms with Crippen LogP contribution in [-0.4, -0.2) is 49.8 Å². The van der Waals surface area contributed by atoms with Gasteiger partial charge in [-0.1, -0.05) is 71.1 Å². The van der Waals surface area contributed by atoms with Gasteiger partial charge in [-0.25, -0.2) is 0 Å². The highest BCUT2D eigenvalue weighted by atomic mass is 32.1. The van der Waals surface area contributed by atoms with Crippen LogP contribution >= 0.6 is 37.9 Å². The molecule has 0 rings (SSSR count). The Morgan fingerprint density at radius 3 is 0.939 bits per heavy atom. The van der Waals surface area contributed by atoms with Crippen LogP contribution in [-0.2, 0) is 18.9 Å². The minimum Gasteiger partial charge on any atom is -0.303 e. The molecule has 0 aliphatic rings. The first-order valence-electron chi connectivity index (χ1n) is 13.6. The fraction of sp³-hybridized carbons (Fsp3) is 1.00. The van der Waals surface area contributed by atoms with Crippen molar-refractivity contribution in [1.82, 2.24) is 0 Å². The van der Waals surface area contributed by atoms with E-state index >= 15 is 0 Å². The van der Waals surface area contributed by atoms with Gasteiger partial charge in [0.1, 0.15) is 0 Å². The zero-order chi connectivity index (χ0) is 24.3. The van der Waals surface area contributed by atoms with Crippen LogP contribution in [0.25, 0.3) is 0 Å². The summed E-state index contributed by atoms with van der Waals surface area (Å²) in [5.74, 6) is 2.83. The van der Waals surface area contributed by atoms with Crippen LogP contribution in [0.1, 0.15) is 116 Å². The lowest BCUT2D eigenvalue weighted by Gasteiger charge is -2.32. The summed E-state index contributed by atoms with van der Waals surface area (Å²) < 4.78 is 24.7. The molecule has 0 aromatic rings. The second kappa shape index (κ2) is 27.5. The molecule has 0 atom stereocenters. The van der Waals surface area contributed by atoms with Crippen LogP contribution in [0.15, 0.2) is 0 Å². The third-order valence-corrected chi connectivity index (χ3v) is 6.47. The van der Waals surface area contributed by atoms with Gasteiger partial charge in [-0.2, -0.15) is 37.9 Å². The Bertz CT molecular complexity index is 306. The summed E-state index contributed by atoms with van der Waals surface area (Å²) in [5.41, 5.74) is 0. The lowest BCUT2D eigenvalue weighted by molar-refractivity contribution is -0.499. The zero-order valence-electron chi connectivity index (χ0n) is 21.4. The molecular weight excluding hydrogens is 472 g/mol. The number of hydrogen-bond donors (Lipinski definition) is 3. The van der Waals surface area contributed by atoms with E-state index in [4.69, 9.17) is 18.9 Å². The summed E-state index contributed by atoms with van der Waals surface area (Å²) in [7, 11) is 0. The van der Waals surface area contributed by atoms with Crippen molar-refractivity contribution >= 4 is 37.9 Å². The summed E-state index contributed by atoms with van der Waals surface area (Å²) >= 11 is 12.9. The molecule has 0 bridgehead atoms. The summed E-state index contributed by atoms with van der Waals surface area (Å²) in [4.78, 5) is 0. The first kappa shape index (κ1) is 33.9. The molecule has 0 amide bonds. The van der Waals surface area contributed by atoms with E-state index < -0.39 is 6.16 Å². The maximum absolute atomic E-state index is 6.19.